The Kier molecular flexibility index (Phi) is 3.96. The van der Waals surface area contributed by atoms with Gasteiger partial charge in [-0.25, -0.2) is 0 Å². The fourth-order valence-electron chi connectivity index (χ4n) is 3.25. The normalized spacial score (nSPS) is 23.1. The van der Waals surface area contributed by atoms with Gasteiger partial charge in [0.1, 0.15) is 0 Å². The van der Waals surface area contributed by atoms with E-state index >= 15 is 0 Å². The maximum absolute atomic E-state index is 5.85. The van der Waals surface area contributed by atoms with Gasteiger partial charge in [-0.2, -0.15) is 0 Å². The van der Waals surface area contributed by atoms with Crippen LogP contribution in [0.2, 0.25) is 0 Å². The number of benzene rings is 1. The van der Waals surface area contributed by atoms with Crippen LogP contribution in [-0.4, -0.2) is 18.6 Å². The van der Waals surface area contributed by atoms with Crippen molar-refractivity contribution in [2.75, 3.05) is 18.0 Å². The van der Waals surface area contributed by atoms with E-state index in [0.717, 1.165) is 19.5 Å². The molecule has 100 valence electrons. The molecule has 0 bridgehead atoms. The highest BCUT2D eigenvalue weighted by molar-refractivity contribution is 5.56. The smallest absolute Gasteiger partial charge is 0.0403 e. The van der Waals surface area contributed by atoms with Gasteiger partial charge in [0.2, 0.25) is 0 Å². The predicted octanol–water partition coefficient (Wildman–Crippen LogP) is 3.20. The van der Waals surface area contributed by atoms with Gasteiger partial charge in [0, 0.05) is 17.8 Å². The largest absolute Gasteiger partial charge is 0.366 e. The standard InChI is InChI=1S/C16H26N2/c1-4-14-7-5-6-8-15(14)18-10-9-13(12-17)11-16(18,2)3/h5-8,13H,4,9-12,17H2,1-3H3. The second-order valence-corrected chi connectivity index (χ2v) is 6.04. The number of rotatable bonds is 3. The van der Waals surface area contributed by atoms with Crippen LogP contribution in [0.15, 0.2) is 24.3 Å². The molecule has 1 saturated heterocycles. The summed E-state index contributed by atoms with van der Waals surface area (Å²) in [6, 6.07) is 8.81. The Bertz CT molecular complexity index is 398. The molecule has 0 aromatic heterocycles. The van der Waals surface area contributed by atoms with Crippen LogP contribution in [0.3, 0.4) is 0 Å². The summed E-state index contributed by atoms with van der Waals surface area (Å²) < 4.78 is 0. The van der Waals surface area contributed by atoms with Crippen molar-refractivity contribution >= 4 is 5.69 Å². The van der Waals surface area contributed by atoms with E-state index in [1.54, 1.807) is 0 Å². The lowest BCUT2D eigenvalue weighted by atomic mass is 9.82. The summed E-state index contributed by atoms with van der Waals surface area (Å²) in [6.07, 6.45) is 3.52. The average Bonchev–Trinajstić information content (AvgIpc) is 2.37. The maximum atomic E-state index is 5.85. The fourth-order valence-corrected chi connectivity index (χ4v) is 3.25. The predicted molar refractivity (Wildman–Crippen MR) is 79.0 cm³/mol. The molecule has 1 aliphatic heterocycles. The van der Waals surface area contributed by atoms with E-state index in [-0.39, 0.29) is 5.54 Å². The van der Waals surface area contributed by atoms with Crippen molar-refractivity contribution in [3.63, 3.8) is 0 Å². The Labute approximate surface area is 111 Å². The van der Waals surface area contributed by atoms with Gasteiger partial charge in [-0.05, 0) is 57.2 Å². The van der Waals surface area contributed by atoms with Gasteiger partial charge in [-0.3, -0.25) is 0 Å². The zero-order chi connectivity index (χ0) is 13.2. The van der Waals surface area contributed by atoms with Crippen molar-refractivity contribution < 1.29 is 0 Å². The number of hydrogen-bond donors (Lipinski definition) is 1. The molecule has 0 spiro atoms. The van der Waals surface area contributed by atoms with Gasteiger partial charge < -0.3 is 10.6 Å². The molecule has 2 heteroatoms. The number of piperidine rings is 1. The molecular weight excluding hydrogens is 220 g/mol. The minimum atomic E-state index is 0.216. The van der Waals surface area contributed by atoms with Crippen LogP contribution in [0.4, 0.5) is 5.69 Å². The highest BCUT2D eigenvalue weighted by Gasteiger charge is 2.34. The molecule has 1 aliphatic rings. The Morgan fingerprint density at radius 3 is 2.67 bits per heavy atom. The summed E-state index contributed by atoms with van der Waals surface area (Å²) in [6.45, 7) is 8.89. The lowest BCUT2D eigenvalue weighted by Crippen LogP contribution is -2.51. The summed E-state index contributed by atoms with van der Waals surface area (Å²) >= 11 is 0. The van der Waals surface area contributed by atoms with Gasteiger partial charge in [0.25, 0.3) is 0 Å². The van der Waals surface area contributed by atoms with E-state index in [0.29, 0.717) is 5.92 Å². The van der Waals surface area contributed by atoms with Gasteiger partial charge >= 0.3 is 0 Å². The molecule has 0 radical (unpaired) electrons. The third-order valence-electron chi connectivity index (χ3n) is 4.28. The Morgan fingerprint density at radius 2 is 2.06 bits per heavy atom. The van der Waals surface area contributed by atoms with E-state index in [9.17, 15) is 0 Å². The van der Waals surface area contributed by atoms with Gasteiger partial charge in [-0.15, -0.1) is 0 Å². The minimum absolute atomic E-state index is 0.216. The van der Waals surface area contributed by atoms with Crippen molar-refractivity contribution in [3.05, 3.63) is 29.8 Å². The molecule has 0 saturated carbocycles. The van der Waals surface area contributed by atoms with Crippen molar-refractivity contribution in [3.8, 4) is 0 Å². The molecule has 18 heavy (non-hydrogen) atoms. The summed E-state index contributed by atoms with van der Waals surface area (Å²) in [7, 11) is 0. The number of hydrogen-bond acceptors (Lipinski definition) is 2. The summed E-state index contributed by atoms with van der Waals surface area (Å²) in [5.74, 6) is 0.685. The van der Waals surface area contributed by atoms with E-state index in [4.69, 9.17) is 5.73 Å². The van der Waals surface area contributed by atoms with Gasteiger partial charge in [0.05, 0.1) is 0 Å². The van der Waals surface area contributed by atoms with Crippen molar-refractivity contribution in [2.45, 2.75) is 45.6 Å². The zero-order valence-corrected chi connectivity index (χ0v) is 11.9. The van der Waals surface area contributed by atoms with E-state index < -0.39 is 0 Å². The highest BCUT2D eigenvalue weighted by Crippen LogP contribution is 2.36. The van der Waals surface area contributed by atoms with E-state index in [2.05, 4.69) is 49.9 Å². The van der Waals surface area contributed by atoms with E-state index in [1.165, 1.54) is 24.1 Å². The molecule has 0 aliphatic carbocycles. The summed E-state index contributed by atoms with van der Waals surface area (Å²) in [4.78, 5) is 2.58. The molecule has 1 fully saturated rings. The summed E-state index contributed by atoms with van der Waals surface area (Å²) in [5, 5.41) is 0. The van der Waals surface area contributed by atoms with Crippen LogP contribution >= 0.6 is 0 Å². The van der Waals surface area contributed by atoms with Crippen LogP contribution in [-0.2, 0) is 6.42 Å². The lowest BCUT2D eigenvalue weighted by molar-refractivity contribution is 0.278. The Balaban J connectivity index is 2.27. The molecule has 1 atom stereocenters. The first-order chi connectivity index (χ1) is 8.58. The molecule has 2 nitrogen and oxygen atoms in total. The second kappa shape index (κ2) is 5.31. The first kappa shape index (κ1) is 13.4. The SMILES string of the molecule is CCc1ccccc1N1CCC(CN)CC1(C)C. The second-order valence-electron chi connectivity index (χ2n) is 6.04. The number of nitrogens with two attached hydrogens (primary N) is 1. The van der Waals surface area contributed by atoms with Gasteiger partial charge in [0.15, 0.2) is 0 Å². The zero-order valence-electron chi connectivity index (χ0n) is 11.9. The molecule has 1 aromatic carbocycles. The summed E-state index contributed by atoms with van der Waals surface area (Å²) in [5.41, 5.74) is 8.93. The average molecular weight is 246 g/mol. The minimum Gasteiger partial charge on any atom is -0.366 e. The molecule has 2 N–H and O–H groups in total. The molecule has 0 amide bonds. The van der Waals surface area contributed by atoms with Crippen LogP contribution in [0.25, 0.3) is 0 Å². The molecular formula is C16H26N2. The third-order valence-corrected chi connectivity index (χ3v) is 4.28. The molecule has 1 aromatic rings. The van der Waals surface area contributed by atoms with Crippen LogP contribution in [0, 0.1) is 5.92 Å². The van der Waals surface area contributed by atoms with Crippen LogP contribution in [0.1, 0.15) is 39.2 Å². The topological polar surface area (TPSA) is 29.3 Å². The Hall–Kier alpha value is -1.02. The maximum Gasteiger partial charge on any atom is 0.0403 e. The van der Waals surface area contributed by atoms with Crippen molar-refractivity contribution in [2.24, 2.45) is 11.7 Å². The first-order valence-electron chi connectivity index (χ1n) is 7.14. The number of anilines is 1. The van der Waals surface area contributed by atoms with Gasteiger partial charge in [-0.1, -0.05) is 25.1 Å². The third kappa shape index (κ3) is 2.54. The monoisotopic (exact) mass is 246 g/mol. The quantitative estimate of drug-likeness (QED) is 0.887. The first-order valence-corrected chi connectivity index (χ1v) is 7.14. The fraction of sp³-hybridized carbons (Fsp3) is 0.625. The van der Waals surface area contributed by atoms with Crippen LogP contribution < -0.4 is 10.6 Å². The number of nitrogens with zero attached hydrogens (tertiary/aromatic N) is 1. The Morgan fingerprint density at radius 1 is 1.33 bits per heavy atom. The highest BCUT2D eigenvalue weighted by atomic mass is 15.2. The molecule has 1 heterocycles. The number of aryl methyl sites for hydroxylation is 1. The molecule has 1 unspecified atom stereocenters. The van der Waals surface area contributed by atoms with Crippen molar-refractivity contribution in [1.82, 2.24) is 0 Å². The number of para-hydroxylation sites is 1. The van der Waals surface area contributed by atoms with E-state index in [1.807, 2.05) is 0 Å². The lowest BCUT2D eigenvalue weighted by Gasteiger charge is -2.47. The van der Waals surface area contributed by atoms with Crippen LogP contribution in [0.5, 0.6) is 0 Å². The van der Waals surface area contributed by atoms with Crippen molar-refractivity contribution in [1.29, 1.82) is 0 Å². The molecule has 2 rings (SSSR count).